The van der Waals surface area contributed by atoms with Crippen LogP contribution in [-0.4, -0.2) is 17.8 Å². The van der Waals surface area contributed by atoms with Gasteiger partial charge in [-0.25, -0.2) is 0 Å². The second-order valence-electron chi connectivity index (χ2n) is 23.1. The van der Waals surface area contributed by atoms with Gasteiger partial charge in [0.25, 0.3) is 6.71 Å². The van der Waals surface area contributed by atoms with Crippen LogP contribution in [0.15, 0.2) is 158 Å². The molecule has 0 bridgehead atoms. The Morgan fingerprint density at radius 1 is 0.397 bits per heavy atom. The summed E-state index contributed by atoms with van der Waals surface area (Å²) in [4.78, 5) is 10.8. The first-order chi connectivity index (χ1) is 32.9. The van der Waals surface area contributed by atoms with Crippen LogP contribution in [0.1, 0.15) is 123 Å². The Bertz CT molecular complexity index is 3150. The Labute approximate surface area is 405 Å². The van der Waals surface area contributed by atoms with E-state index in [1.54, 1.807) is 0 Å². The number of para-hydroxylation sites is 4. The van der Waals surface area contributed by atoms with Gasteiger partial charge in [0.1, 0.15) is 0 Å². The van der Waals surface area contributed by atoms with Crippen LogP contribution in [-0.2, 0) is 16.2 Å². The SMILES string of the molecule is CC(C)(C)c1ccc(N2c3ccc(N4c5ccccc5C5(C)CCCCCC45C)cc3B3c4ccccc4N(c4ccccc4)c4cc(N5c6ccccc6C6(C)CCCCC56C)cc2c43)cc1. The van der Waals surface area contributed by atoms with Gasteiger partial charge in [0.2, 0.25) is 0 Å². The maximum atomic E-state index is 2.79. The fourth-order valence-electron chi connectivity index (χ4n) is 14.8. The molecule has 2 saturated carbocycles. The Hall–Kier alpha value is -6.20. The largest absolute Gasteiger partial charge is 0.334 e. The van der Waals surface area contributed by atoms with E-state index in [0.717, 1.165) is 6.42 Å². The molecule has 0 radical (unpaired) electrons. The van der Waals surface area contributed by atoms with Gasteiger partial charge in [0, 0.05) is 67.7 Å². The van der Waals surface area contributed by atoms with E-state index >= 15 is 0 Å². The van der Waals surface area contributed by atoms with E-state index in [1.807, 2.05) is 0 Å². The molecule has 2 aliphatic carbocycles. The van der Waals surface area contributed by atoms with Crippen LogP contribution in [0.5, 0.6) is 0 Å². The maximum Gasteiger partial charge on any atom is 0.252 e. The van der Waals surface area contributed by atoms with Crippen LogP contribution in [0.2, 0.25) is 0 Å². The molecule has 4 aliphatic heterocycles. The average molecular weight is 889 g/mol. The van der Waals surface area contributed by atoms with Gasteiger partial charge in [-0.3, -0.25) is 0 Å². The van der Waals surface area contributed by atoms with Gasteiger partial charge in [-0.1, -0.05) is 152 Å². The van der Waals surface area contributed by atoms with E-state index in [2.05, 4.69) is 226 Å². The fraction of sp³-hybridized carbons (Fsp3) is 0.333. The zero-order valence-electron chi connectivity index (χ0n) is 41.2. The molecule has 7 aromatic rings. The van der Waals surface area contributed by atoms with Crippen molar-refractivity contribution in [3.63, 3.8) is 0 Å². The summed E-state index contributed by atoms with van der Waals surface area (Å²) >= 11 is 0. The third-order valence-corrected chi connectivity index (χ3v) is 18.7. The number of rotatable bonds is 4. The Balaban J connectivity index is 1.11. The van der Waals surface area contributed by atoms with Gasteiger partial charge in [-0.05, 0) is 151 Å². The zero-order chi connectivity index (χ0) is 46.4. The smallest absolute Gasteiger partial charge is 0.252 e. The molecule has 6 aliphatic rings. The lowest BCUT2D eigenvalue weighted by atomic mass is 9.33. The van der Waals surface area contributed by atoms with E-state index < -0.39 is 0 Å². The molecule has 4 nitrogen and oxygen atoms in total. The number of nitrogens with zero attached hydrogens (tertiary/aromatic N) is 4. The lowest BCUT2D eigenvalue weighted by Gasteiger charge is -2.51. The van der Waals surface area contributed by atoms with Gasteiger partial charge in [0.05, 0.1) is 11.1 Å². The Morgan fingerprint density at radius 3 is 1.49 bits per heavy atom. The van der Waals surface area contributed by atoms with Crippen LogP contribution < -0.4 is 36.0 Å². The maximum absolute atomic E-state index is 2.79. The summed E-state index contributed by atoms with van der Waals surface area (Å²) in [5.74, 6) is 0. The molecular weight excluding hydrogens is 824 g/mol. The van der Waals surface area contributed by atoms with Crippen LogP contribution in [0.4, 0.5) is 56.9 Å². The van der Waals surface area contributed by atoms with Crippen molar-refractivity contribution in [2.75, 3.05) is 19.6 Å². The predicted molar refractivity (Wildman–Crippen MR) is 289 cm³/mol. The summed E-state index contributed by atoms with van der Waals surface area (Å²) in [6.07, 6.45) is 11.1. The highest BCUT2D eigenvalue weighted by atomic mass is 15.3. The second-order valence-corrected chi connectivity index (χ2v) is 23.1. The standard InChI is InChI=1S/C63H65BN4/c1-59(2,3)43-30-32-45(33-31-43)66-55-35-34-46(67-52-27-15-12-24-48(52)60(4)36-18-9-19-38-62(60,67)6)40-51(55)64-50-26-14-17-29-54(50)65(44-22-10-8-11-23-44)56-41-47(42-57(66)58(56)64)68-53-28-16-13-25-49(53)61(5)37-20-21-39-63(61,68)7/h8,10-17,22-35,40-42H,9,18-21,36-39H2,1-7H3. The summed E-state index contributed by atoms with van der Waals surface area (Å²) in [5, 5.41) is 0. The molecule has 7 aromatic carbocycles. The molecule has 0 saturated heterocycles. The fourth-order valence-corrected chi connectivity index (χ4v) is 14.8. The molecule has 0 N–H and O–H groups in total. The van der Waals surface area contributed by atoms with Crippen LogP contribution in [0, 0.1) is 0 Å². The third-order valence-electron chi connectivity index (χ3n) is 18.7. The van der Waals surface area contributed by atoms with Gasteiger partial charge >= 0.3 is 0 Å². The monoisotopic (exact) mass is 889 g/mol. The molecule has 4 heterocycles. The summed E-state index contributed by atoms with van der Waals surface area (Å²) in [6.45, 7) is 17.3. The van der Waals surface area contributed by atoms with Crippen LogP contribution >= 0.6 is 0 Å². The van der Waals surface area contributed by atoms with E-state index in [9.17, 15) is 0 Å². The molecule has 5 heteroatoms. The first-order valence-electron chi connectivity index (χ1n) is 25.8. The van der Waals surface area contributed by atoms with Crippen molar-refractivity contribution >= 4 is 80.0 Å². The molecule has 2 fully saturated rings. The van der Waals surface area contributed by atoms with Crippen LogP contribution in [0.25, 0.3) is 0 Å². The minimum atomic E-state index is -0.0886. The first-order valence-corrected chi connectivity index (χ1v) is 25.8. The number of hydrogen-bond acceptors (Lipinski definition) is 4. The average Bonchev–Trinajstić information content (AvgIpc) is 3.59. The first kappa shape index (κ1) is 41.9. The predicted octanol–water partition coefficient (Wildman–Crippen LogP) is 14.9. The number of fused-ring (bicyclic) bond motifs is 10. The molecule has 68 heavy (non-hydrogen) atoms. The quantitative estimate of drug-likeness (QED) is 0.163. The molecule has 0 amide bonds. The molecule has 340 valence electrons. The van der Waals surface area contributed by atoms with Crippen molar-refractivity contribution in [1.82, 2.24) is 0 Å². The molecule has 13 rings (SSSR count). The van der Waals surface area contributed by atoms with Gasteiger partial charge < -0.3 is 19.6 Å². The molecule has 0 spiro atoms. The van der Waals surface area contributed by atoms with Gasteiger partial charge in [-0.15, -0.1) is 0 Å². The number of hydrogen-bond donors (Lipinski definition) is 0. The molecule has 4 atom stereocenters. The highest BCUT2D eigenvalue weighted by molar-refractivity contribution is 7.00. The summed E-state index contributed by atoms with van der Waals surface area (Å²) in [7, 11) is 0. The highest BCUT2D eigenvalue weighted by Gasteiger charge is 2.59. The van der Waals surface area contributed by atoms with Crippen molar-refractivity contribution in [1.29, 1.82) is 0 Å². The summed E-state index contributed by atoms with van der Waals surface area (Å²) < 4.78 is 0. The van der Waals surface area contributed by atoms with E-state index in [4.69, 9.17) is 0 Å². The molecule has 4 unspecified atom stereocenters. The van der Waals surface area contributed by atoms with Crippen molar-refractivity contribution in [3.05, 3.63) is 174 Å². The minimum absolute atomic E-state index is 0.0119. The van der Waals surface area contributed by atoms with Crippen LogP contribution in [0.3, 0.4) is 0 Å². The van der Waals surface area contributed by atoms with E-state index in [0.29, 0.717) is 0 Å². The van der Waals surface area contributed by atoms with Crippen molar-refractivity contribution < 1.29 is 0 Å². The lowest BCUT2D eigenvalue weighted by Crippen LogP contribution is -2.61. The Morgan fingerprint density at radius 2 is 0.868 bits per heavy atom. The molecule has 0 aromatic heterocycles. The van der Waals surface area contributed by atoms with Gasteiger partial charge in [-0.2, -0.15) is 0 Å². The van der Waals surface area contributed by atoms with Crippen molar-refractivity contribution in [2.24, 2.45) is 0 Å². The normalized spacial score (nSPS) is 25.4. The number of anilines is 10. The van der Waals surface area contributed by atoms with E-state index in [1.165, 1.54) is 141 Å². The summed E-state index contributed by atoms with van der Waals surface area (Å²) in [6, 6.07) is 61.5. The Kier molecular flexibility index (Phi) is 9.04. The minimum Gasteiger partial charge on any atom is -0.334 e. The zero-order valence-corrected chi connectivity index (χ0v) is 41.2. The third kappa shape index (κ3) is 5.56. The lowest BCUT2D eigenvalue weighted by molar-refractivity contribution is 0.195. The van der Waals surface area contributed by atoms with Crippen molar-refractivity contribution in [3.8, 4) is 0 Å². The topological polar surface area (TPSA) is 13.0 Å². The number of benzene rings is 7. The highest BCUT2D eigenvalue weighted by Crippen LogP contribution is 2.63. The summed E-state index contributed by atoms with van der Waals surface area (Å²) in [5.41, 5.74) is 21.2. The molecular formula is C63H65BN4. The van der Waals surface area contributed by atoms with E-state index in [-0.39, 0.29) is 34.0 Å². The second kappa shape index (κ2) is 14.7. The van der Waals surface area contributed by atoms with Crippen molar-refractivity contribution in [2.45, 2.75) is 134 Å². The van der Waals surface area contributed by atoms with Gasteiger partial charge in [0.15, 0.2) is 0 Å².